The molecule has 0 unspecified atom stereocenters. The van der Waals surface area contributed by atoms with E-state index in [9.17, 15) is 28.1 Å². The molecule has 1 N–H and O–H groups in total. The summed E-state index contributed by atoms with van der Waals surface area (Å²) in [5.74, 6) is -1.86. The van der Waals surface area contributed by atoms with Gasteiger partial charge in [-0.2, -0.15) is 13.2 Å². The van der Waals surface area contributed by atoms with Gasteiger partial charge in [0.05, 0.1) is 28.6 Å². The number of nitrogens with one attached hydrogen (secondary N) is 1. The van der Waals surface area contributed by atoms with E-state index in [0.717, 1.165) is 10.6 Å². The second-order valence-electron chi connectivity index (χ2n) is 5.93. The van der Waals surface area contributed by atoms with Gasteiger partial charge in [0.25, 0.3) is 5.69 Å². The van der Waals surface area contributed by atoms with Crippen LogP contribution in [0.3, 0.4) is 0 Å². The number of alkyl halides is 3. The smallest absolute Gasteiger partial charge is 0.449 e. The minimum Gasteiger partial charge on any atom is -0.494 e. The zero-order valence-corrected chi connectivity index (χ0v) is 15.1. The molecule has 0 aliphatic rings. The molecular formula is C18H15F3N4O4. The Balaban J connectivity index is 1.91. The van der Waals surface area contributed by atoms with Crippen molar-refractivity contribution in [3.63, 3.8) is 0 Å². The summed E-state index contributed by atoms with van der Waals surface area (Å²) in [6.45, 7) is 1.27. The van der Waals surface area contributed by atoms with E-state index in [2.05, 4.69) is 10.3 Å². The van der Waals surface area contributed by atoms with Crippen molar-refractivity contribution in [2.45, 2.75) is 19.6 Å². The van der Waals surface area contributed by atoms with E-state index in [1.807, 2.05) is 0 Å². The van der Waals surface area contributed by atoms with Gasteiger partial charge in [-0.3, -0.25) is 14.9 Å². The molecule has 8 nitrogen and oxygen atoms in total. The van der Waals surface area contributed by atoms with Gasteiger partial charge in [-0.1, -0.05) is 12.1 Å². The van der Waals surface area contributed by atoms with Crippen LogP contribution in [0.5, 0.6) is 5.75 Å². The van der Waals surface area contributed by atoms with E-state index in [0.29, 0.717) is 0 Å². The lowest BCUT2D eigenvalue weighted by Gasteiger charge is -2.12. The summed E-state index contributed by atoms with van der Waals surface area (Å²) in [6.07, 6.45) is -4.77. The summed E-state index contributed by atoms with van der Waals surface area (Å²) < 4.78 is 45.9. The summed E-state index contributed by atoms with van der Waals surface area (Å²) in [7, 11) is 0. The van der Waals surface area contributed by atoms with Crippen LogP contribution in [0.25, 0.3) is 11.0 Å². The second-order valence-corrected chi connectivity index (χ2v) is 5.93. The van der Waals surface area contributed by atoms with Crippen LogP contribution in [0.4, 0.5) is 24.5 Å². The van der Waals surface area contributed by atoms with E-state index in [4.69, 9.17) is 4.74 Å². The lowest BCUT2D eigenvalue weighted by molar-refractivity contribution is -0.384. The van der Waals surface area contributed by atoms with Crippen LogP contribution in [0, 0.1) is 10.1 Å². The van der Waals surface area contributed by atoms with Crippen molar-refractivity contribution in [3.8, 4) is 5.75 Å². The topological polar surface area (TPSA) is 99.3 Å². The zero-order chi connectivity index (χ0) is 21.2. The molecule has 0 radical (unpaired) electrons. The average Bonchev–Trinajstić information content (AvgIpc) is 3.02. The predicted octanol–water partition coefficient (Wildman–Crippen LogP) is 4.00. The average molecular weight is 408 g/mol. The van der Waals surface area contributed by atoms with Crippen LogP contribution >= 0.6 is 0 Å². The molecule has 0 fully saturated rings. The monoisotopic (exact) mass is 408 g/mol. The van der Waals surface area contributed by atoms with E-state index in [-0.39, 0.29) is 29.1 Å². The van der Waals surface area contributed by atoms with Crippen LogP contribution in [-0.4, -0.2) is 27.0 Å². The Morgan fingerprint density at radius 2 is 2.00 bits per heavy atom. The van der Waals surface area contributed by atoms with Crippen molar-refractivity contribution in [2.24, 2.45) is 0 Å². The van der Waals surface area contributed by atoms with Crippen molar-refractivity contribution in [2.75, 3.05) is 11.9 Å². The molecule has 2 aromatic carbocycles. The number of halogens is 3. The largest absolute Gasteiger partial charge is 0.494 e. The third kappa shape index (κ3) is 4.28. The van der Waals surface area contributed by atoms with Crippen LogP contribution in [-0.2, 0) is 17.5 Å². The number of hydrogen-bond acceptors (Lipinski definition) is 5. The lowest BCUT2D eigenvalue weighted by atomic mass is 10.2. The fraction of sp³-hybridized carbons (Fsp3) is 0.222. The number of benzene rings is 2. The molecule has 0 saturated heterocycles. The van der Waals surface area contributed by atoms with E-state index in [1.54, 1.807) is 6.92 Å². The fourth-order valence-electron chi connectivity index (χ4n) is 2.81. The van der Waals surface area contributed by atoms with E-state index >= 15 is 0 Å². The summed E-state index contributed by atoms with van der Waals surface area (Å²) in [4.78, 5) is 26.5. The number of anilines is 1. The van der Waals surface area contributed by atoms with Gasteiger partial charge >= 0.3 is 6.18 Å². The van der Waals surface area contributed by atoms with Crippen LogP contribution in [0.2, 0.25) is 0 Å². The number of nitrogens with zero attached hydrogens (tertiary/aromatic N) is 3. The minimum absolute atomic E-state index is 0.0830. The maximum absolute atomic E-state index is 13.3. The van der Waals surface area contributed by atoms with Crippen LogP contribution < -0.4 is 10.1 Å². The number of hydrogen-bond donors (Lipinski definition) is 1. The highest BCUT2D eigenvalue weighted by Crippen LogP contribution is 2.32. The number of rotatable bonds is 6. The van der Waals surface area contributed by atoms with Gasteiger partial charge in [0.2, 0.25) is 11.7 Å². The number of para-hydroxylation sites is 2. The standard InChI is InChI=1S/C18H15F3N4O4/c1-2-29-11-7-8-13(15(9-11)25(27)28)22-16(26)10-24-14-6-4-3-5-12(14)23-17(24)18(19,20)21/h3-9H,2,10H2,1H3,(H,22,26). The minimum atomic E-state index is -4.77. The van der Waals surface area contributed by atoms with Gasteiger partial charge in [-0.05, 0) is 31.2 Å². The maximum atomic E-state index is 13.3. The Kier molecular flexibility index (Phi) is 5.39. The Hall–Kier alpha value is -3.63. The number of carbonyl (C=O) groups is 1. The summed E-state index contributed by atoms with van der Waals surface area (Å²) in [5.41, 5.74) is -0.381. The first-order valence-corrected chi connectivity index (χ1v) is 8.44. The number of nitro benzene ring substituents is 1. The Morgan fingerprint density at radius 3 is 2.66 bits per heavy atom. The number of carbonyl (C=O) groups excluding carboxylic acids is 1. The molecule has 1 heterocycles. The number of aromatic nitrogens is 2. The molecule has 0 bridgehead atoms. The third-order valence-corrected chi connectivity index (χ3v) is 3.96. The molecule has 3 rings (SSSR count). The first kappa shape index (κ1) is 20.1. The summed E-state index contributed by atoms with van der Waals surface area (Å²) in [5, 5.41) is 13.6. The quantitative estimate of drug-likeness (QED) is 0.491. The molecule has 0 saturated carbocycles. The first-order chi connectivity index (χ1) is 13.7. The highest BCUT2D eigenvalue weighted by atomic mass is 19.4. The third-order valence-electron chi connectivity index (χ3n) is 3.96. The molecule has 152 valence electrons. The molecular weight excluding hydrogens is 393 g/mol. The van der Waals surface area contributed by atoms with E-state index < -0.39 is 35.1 Å². The van der Waals surface area contributed by atoms with E-state index in [1.165, 1.54) is 36.4 Å². The number of ether oxygens (including phenoxy) is 1. The number of fused-ring (bicyclic) bond motifs is 1. The fourth-order valence-corrected chi connectivity index (χ4v) is 2.81. The molecule has 1 amide bonds. The number of imidazole rings is 1. The SMILES string of the molecule is CCOc1ccc(NC(=O)Cn2c(C(F)(F)F)nc3ccccc32)c([N+](=O)[O-])c1. The van der Waals surface area contributed by atoms with Gasteiger partial charge in [-0.25, -0.2) is 4.98 Å². The normalized spacial score (nSPS) is 11.4. The molecule has 0 aliphatic heterocycles. The molecule has 29 heavy (non-hydrogen) atoms. The predicted molar refractivity (Wildman–Crippen MR) is 97.6 cm³/mol. The highest BCUT2D eigenvalue weighted by Gasteiger charge is 2.38. The van der Waals surface area contributed by atoms with Crippen molar-refractivity contribution >= 4 is 28.3 Å². The Labute approximate surface area is 162 Å². The van der Waals surface area contributed by atoms with Crippen LogP contribution in [0.1, 0.15) is 12.7 Å². The molecule has 0 atom stereocenters. The number of amides is 1. The Morgan fingerprint density at radius 1 is 1.28 bits per heavy atom. The second kappa shape index (κ2) is 7.78. The highest BCUT2D eigenvalue weighted by molar-refractivity contribution is 5.94. The van der Waals surface area contributed by atoms with Crippen molar-refractivity contribution in [3.05, 3.63) is 58.4 Å². The van der Waals surface area contributed by atoms with Crippen molar-refractivity contribution in [1.29, 1.82) is 0 Å². The molecule has 0 spiro atoms. The van der Waals surface area contributed by atoms with Gasteiger partial charge in [0, 0.05) is 0 Å². The van der Waals surface area contributed by atoms with Crippen molar-refractivity contribution in [1.82, 2.24) is 9.55 Å². The van der Waals surface area contributed by atoms with Gasteiger partial charge in [0.15, 0.2) is 0 Å². The molecule has 3 aromatic rings. The maximum Gasteiger partial charge on any atom is 0.449 e. The van der Waals surface area contributed by atoms with Crippen LogP contribution in [0.15, 0.2) is 42.5 Å². The molecule has 1 aromatic heterocycles. The molecule has 0 aliphatic carbocycles. The molecule has 11 heteroatoms. The summed E-state index contributed by atoms with van der Waals surface area (Å²) in [6, 6.07) is 9.67. The van der Waals surface area contributed by atoms with Crippen molar-refractivity contribution < 1.29 is 27.6 Å². The van der Waals surface area contributed by atoms with Gasteiger partial charge in [0.1, 0.15) is 18.0 Å². The zero-order valence-electron chi connectivity index (χ0n) is 15.1. The lowest BCUT2D eigenvalue weighted by Crippen LogP contribution is -2.23. The first-order valence-electron chi connectivity index (χ1n) is 8.44. The van der Waals surface area contributed by atoms with Gasteiger partial charge in [-0.15, -0.1) is 0 Å². The Bertz CT molecular complexity index is 1080. The summed E-state index contributed by atoms with van der Waals surface area (Å²) >= 11 is 0. The number of nitro groups is 1. The van der Waals surface area contributed by atoms with Gasteiger partial charge < -0.3 is 14.6 Å².